The van der Waals surface area contributed by atoms with Gasteiger partial charge in [-0.1, -0.05) is 12.1 Å². The fourth-order valence-electron chi connectivity index (χ4n) is 8.21. The van der Waals surface area contributed by atoms with Crippen LogP contribution in [0.3, 0.4) is 0 Å². The van der Waals surface area contributed by atoms with E-state index in [2.05, 4.69) is 11.9 Å². The molecular weight excluding hydrogens is 652 g/mol. The van der Waals surface area contributed by atoms with Crippen LogP contribution >= 0.6 is 0 Å². The van der Waals surface area contributed by atoms with Crippen molar-refractivity contribution < 1.29 is 74.1 Å². The van der Waals surface area contributed by atoms with Gasteiger partial charge in [-0.05, 0) is 24.5 Å². The minimum absolute atomic E-state index is 0.00753. The first kappa shape index (κ1) is 34.3. The summed E-state index contributed by atoms with van der Waals surface area (Å²) in [6.45, 7) is 2.78. The SMILES string of the molecule is C=C[C@H]1[C@H](O[C@@H]2O[C@H](CO)[C@@H](O)[C@H](O)[C@H]2O[C@@H]2O[C@H](CO)[C@@H](O)[C@H](O)[C@H]2O)OC=C2C(=O)N3CC[C@@]4(C(=O)Nc5cc(O)ccc54)[C@H]3C[C@H]21. The summed E-state index contributed by atoms with van der Waals surface area (Å²) in [5.41, 5.74) is 0.443. The Kier molecular flexibility index (Phi) is 8.98. The molecule has 49 heavy (non-hydrogen) atoms. The van der Waals surface area contributed by atoms with Crippen molar-refractivity contribution in [3.8, 4) is 5.75 Å². The molecule has 6 aliphatic heterocycles. The van der Waals surface area contributed by atoms with Crippen molar-refractivity contribution in [2.75, 3.05) is 25.1 Å². The molecular formula is C32H40N2O15. The second-order valence-corrected chi connectivity index (χ2v) is 13.3. The molecule has 6 heterocycles. The van der Waals surface area contributed by atoms with Crippen molar-refractivity contribution in [2.45, 2.75) is 92.0 Å². The van der Waals surface area contributed by atoms with Gasteiger partial charge in [-0.25, -0.2) is 0 Å². The van der Waals surface area contributed by atoms with Crippen molar-refractivity contribution in [3.05, 3.63) is 48.3 Å². The number of phenolic OH excluding ortho intramolecular Hbond substituents is 1. The molecule has 0 saturated carbocycles. The van der Waals surface area contributed by atoms with E-state index in [1.165, 1.54) is 24.5 Å². The van der Waals surface area contributed by atoms with Gasteiger partial charge in [0.15, 0.2) is 12.6 Å². The Bertz CT molecular complexity index is 1510. The minimum atomic E-state index is -1.85. The lowest BCUT2D eigenvalue weighted by atomic mass is 9.67. The Morgan fingerprint density at radius 2 is 1.63 bits per heavy atom. The number of aromatic hydroxyl groups is 1. The van der Waals surface area contributed by atoms with E-state index in [0.717, 1.165) is 0 Å². The first-order chi connectivity index (χ1) is 23.4. The van der Waals surface area contributed by atoms with E-state index >= 15 is 0 Å². The van der Waals surface area contributed by atoms with Crippen LogP contribution in [0.25, 0.3) is 0 Å². The molecule has 0 aliphatic carbocycles. The van der Waals surface area contributed by atoms with Crippen LogP contribution in [0.4, 0.5) is 5.69 Å². The van der Waals surface area contributed by atoms with Crippen molar-refractivity contribution in [1.29, 1.82) is 0 Å². The Morgan fingerprint density at radius 3 is 2.33 bits per heavy atom. The number of nitrogens with zero attached hydrogens (tertiary/aromatic N) is 1. The van der Waals surface area contributed by atoms with Crippen LogP contribution in [0.2, 0.25) is 0 Å². The third kappa shape index (κ3) is 5.27. The Hall–Kier alpha value is -3.20. The lowest BCUT2D eigenvalue weighted by molar-refractivity contribution is -0.383. The maximum absolute atomic E-state index is 13.9. The number of anilines is 1. The maximum Gasteiger partial charge on any atom is 0.253 e. The van der Waals surface area contributed by atoms with Crippen LogP contribution in [0.5, 0.6) is 5.75 Å². The van der Waals surface area contributed by atoms with Crippen LogP contribution in [0, 0.1) is 11.8 Å². The van der Waals surface area contributed by atoms with Gasteiger partial charge in [0.05, 0.1) is 36.5 Å². The summed E-state index contributed by atoms with van der Waals surface area (Å²) >= 11 is 0. The smallest absolute Gasteiger partial charge is 0.253 e. The first-order valence-corrected chi connectivity index (χ1v) is 16.1. The van der Waals surface area contributed by atoms with Crippen molar-refractivity contribution >= 4 is 17.5 Å². The predicted molar refractivity (Wildman–Crippen MR) is 161 cm³/mol. The molecule has 1 spiro atoms. The van der Waals surface area contributed by atoms with E-state index in [1.807, 2.05) is 0 Å². The van der Waals surface area contributed by atoms with Crippen LogP contribution in [0.1, 0.15) is 18.4 Å². The minimum Gasteiger partial charge on any atom is -0.508 e. The molecule has 4 fully saturated rings. The Balaban J connectivity index is 1.16. The zero-order chi connectivity index (χ0) is 34.9. The zero-order valence-corrected chi connectivity index (χ0v) is 26.1. The van der Waals surface area contributed by atoms with Gasteiger partial charge >= 0.3 is 0 Å². The standard InChI is InChI=1S/C32H40N2O15/c1-2-13-14-8-20-32(16-4-3-12(37)7-17(16)33-31(32)44)5-6-34(20)27(43)15(14)11-45-28(13)49-30-26(24(41)22(39)19(10-36)47-30)48-29-25(42)23(40)21(38)18(9-35)46-29/h2-4,7,11,13-14,18-26,28-30,35-42H,1,5-6,8-10H2,(H,33,44)/t13-,14+,18-,19-,20-,21-,22-,23+,24+,25-,26-,28+,29+,30+,32+/m1/s1. The van der Waals surface area contributed by atoms with Crippen LogP contribution in [0.15, 0.2) is 42.7 Å². The molecule has 9 N–H and O–H groups in total. The topological polar surface area (TPSA) is 257 Å². The lowest BCUT2D eigenvalue weighted by Gasteiger charge is -2.48. The number of hydrogen-bond acceptors (Lipinski definition) is 15. The Labute approximate surface area is 279 Å². The van der Waals surface area contributed by atoms with Gasteiger partial charge in [-0.2, -0.15) is 0 Å². The van der Waals surface area contributed by atoms with Crippen LogP contribution in [-0.2, 0) is 38.7 Å². The number of benzene rings is 1. The first-order valence-electron chi connectivity index (χ1n) is 16.1. The second-order valence-electron chi connectivity index (χ2n) is 13.3. The summed E-state index contributed by atoms with van der Waals surface area (Å²) in [6, 6.07) is 4.11. The van der Waals surface area contributed by atoms with E-state index in [4.69, 9.17) is 23.7 Å². The summed E-state index contributed by atoms with van der Waals surface area (Å²) in [4.78, 5) is 29.1. The highest BCUT2D eigenvalue weighted by molar-refractivity contribution is 6.08. The van der Waals surface area contributed by atoms with Gasteiger partial charge < -0.3 is 74.8 Å². The number of aliphatic hydroxyl groups is 7. The summed E-state index contributed by atoms with van der Waals surface area (Å²) in [5, 5.41) is 85.1. The molecule has 0 bridgehead atoms. The molecule has 15 atom stereocenters. The normalized spacial score (nSPS) is 44.5. The highest BCUT2D eigenvalue weighted by Crippen LogP contribution is 2.54. The number of phenols is 1. The number of piperidine rings is 1. The molecule has 17 heteroatoms. The van der Waals surface area contributed by atoms with E-state index < -0.39 is 104 Å². The van der Waals surface area contributed by atoms with Gasteiger partial charge in [0.2, 0.25) is 12.2 Å². The highest BCUT2D eigenvalue weighted by atomic mass is 16.8. The molecule has 0 unspecified atom stereocenters. The fourth-order valence-corrected chi connectivity index (χ4v) is 8.21. The zero-order valence-electron chi connectivity index (χ0n) is 26.1. The molecule has 0 radical (unpaired) electrons. The number of hydrogen-bond donors (Lipinski definition) is 9. The molecule has 7 rings (SSSR count). The number of fused-ring (bicyclic) bond motifs is 5. The molecule has 17 nitrogen and oxygen atoms in total. The summed E-state index contributed by atoms with van der Waals surface area (Å²) in [5.74, 6) is -1.90. The Morgan fingerprint density at radius 1 is 0.939 bits per heavy atom. The number of rotatable bonds is 7. The van der Waals surface area contributed by atoms with Gasteiger partial charge in [-0.3, -0.25) is 9.59 Å². The molecule has 268 valence electrons. The van der Waals surface area contributed by atoms with Crippen LogP contribution < -0.4 is 5.32 Å². The van der Waals surface area contributed by atoms with E-state index in [0.29, 0.717) is 36.2 Å². The second kappa shape index (κ2) is 12.8. The van der Waals surface area contributed by atoms with Crippen molar-refractivity contribution in [3.63, 3.8) is 0 Å². The average Bonchev–Trinajstić information content (AvgIpc) is 3.61. The third-order valence-electron chi connectivity index (χ3n) is 10.8. The predicted octanol–water partition coefficient (Wildman–Crippen LogP) is -3.11. The molecule has 1 aromatic carbocycles. The molecule has 0 aromatic heterocycles. The van der Waals surface area contributed by atoms with E-state index in [-0.39, 0.29) is 17.6 Å². The lowest BCUT2D eigenvalue weighted by Crippen LogP contribution is -2.65. The maximum atomic E-state index is 13.9. The summed E-state index contributed by atoms with van der Waals surface area (Å²) < 4.78 is 29.1. The molecule has 4 saturated heterocycles. The van der Waals surface area contributed by atoms with Gasteiger partial charge in [0.25, 0.3) is 5.91 Å². The van der Waals surface area contributed by atoms with Crippen LogP contribution in [-0.4, -0.2) is 151 Å². The number of amides is 2. The number of carbonyl (C=O) groups excluding carboxylic acids is 2. The van der Waals surface area contributed by atoms with Gasteiger partial charge in [-0.15, -0.1) is 6.58 Å². The quantitative estimate of drug-likeness (QED) is 0.128. The summed E-state index contributed by atoms with van der Waals surface area (Å²) in [6.07, 6.45) is -14.3. The van der Waals surface area contributed by atoms with Crippen molar-refractivity contribution in [2.24, 2.45) is 11.8 Å². The van der Waals surface area contributed by atoms with Gasteiger partial charge in [0.1, 0.15) is 54.6 Å². The molecule has 2 amide bonds. The third-order valence-corrected chi connectivity index (χ3v) is 10.8. The van der Waals surface area contributed by atoms with E-state index in [9.17, 15) is 50.4 Å². The largest absolute Gasteiger partial charge is 0.508 e. The van der Waals surface area contributed by atoms with Gasteiger partial charge in [0, 0.05) is 30.1 Å². The fraction of sp³-hybridized carbons (Fsp3) is 0.625. The number of nitrogens with one attached hydrogen (secondary N) is 1. The monoisotopic (exact) mass is 692 g/mol. The van der Waals surface area contributed by atoms with E-state index in [1.54, 1.807) is 11.0 Å². The number of carbonyl (C=O) groups is 2. The molecule has 6 aliphatic rings. The number of aliphatic hydroxyl groups excluding tert-OH is 7. The summed E-state index contributed by atoms with van der Waals surface area (Å²) in [7, 11) is 0. The van der Waals surface area contributed by atoms with Crippen molar-refractivity contribution in [1.82, 2.24) is 4.90 Å². The average molecular weight is 693 g/mol. The number of ether oxygens (including phenoxy) is 5. The molecule has 1 aromatic rings. The highest BCUT2D eigenvalue weighted by Gasteiger charge is 2.63.